The van der Waals surface area contributed by atoms with Crippen LogP contribution in [0.5, 0.6) is 11.5 Å². The van der Waals surface area contributed by atoms with E-state index in [0.717, 1.165) is 17.7 Å². The van der Waals surface area contributed by atoms with E-state index in [0.29, 0.717) is 30.0 Å². The van der Waals surface area contributed by atoms with Gasteiger partial charge in [-0.1, -0.05) is 11.6 Å². The van der Waals surface area contributed by atoms with Crippen molar-refractivity contribution in [3.05, 3.63) is 46.7 Å². The van der Waals surface area contributed by atoms with Crippen molar-refractivity contribution in [3.63, 3.8) is 0 Å². The molecule has 168 valence electrons. The zero-order chi connectivity index (χ0) is 22.8. The van der Waals surface area contributed by atoms with Crippen molar-refractivity contribution in [2.75, 3.05) is 32.6 Å². The van der Waals surface area contributed by atoms with Crippen molar-refractivity contribution in [2.24, 2.45) is 5.92 Å². The summed E-state index contributed by atoms with van der Waals surface area (Å²) in [6.07, 6.45) is 0.735. The van der Waals surface area contributed by atoms with Gasteiger partial charge >= 0.3 is 0 Å². The van der Waals surface area contributed by atoms with Crippen LogP contribution in [0, 0.1) is 18.7 Å². The number of carbonyl (C=O) groups excluding carboxylic acids is 1. The van der Waals surface area contributed by atoms with Gasteiger partial charge in [-0.05, 0) is 49.6 Å². The number of ether oxygens (including phenoxy) is 2. The summed E-state index contributed by atoms with van der Waals surface area (Å²) in [5, 5.41) is 2.65. The quantitative estimate of drug-likeness (QED) is 0.693. The molecule has 0 saturated carbocycles. The third kappa shape index (κ3) is 4.94. The van der Waals surface area contributed by atoms with Gasteiger partial charge < -0.3 is 14.8 Å². The lowest BCUT2D eigenvalue weighted by molar-refractivity contribution is -0.120. The molecule has 1 aliphatic rings. The lowest BCUT2D eigenvalue weighted by Gasteiger charge is -2.30. The molecule has 0 aliphatic carbocycles. The fraction of sp³-hybridized carbons (Fsp3) is 0.381. The number of hydrogen-bond donors (Lipinski definition) is 1. The summed E-state index contributed by atoms with van der Waals surface area (Å²) in [4.78, 5) is 12.7. The zero-order valence-electron chi connectivity index (χ0n) is 17.4. The maximum absolute atomic E-state index is 13.4. The first kappa shape index (κ1) is 23.3. The Bertz CT molecular complexity index is 1090. The van der Waals surface area contributed by atoms with E-state index >= 15 is 0 Å². The molecular formula is C21H24ClFN2O5S. The first-order valence-electron chi connectivity index (χ1n) is 9.66. The predicted octanol–water partition coefficient (Wildman–Crippen LogP) is 3.84. The number of sulfonamides is 1. The second kappa shape index (κ2) is 9.42. The first-order valence-corrected chi connectivity index (χ1v) is 11.5. The second-order valence-electron chi connectivity index (χ2n) is 7.27. The SMILES string of the molecule is COc1cc(C)c(NC(=O)C2CCN(S(=O)(=O)c3ccc(F)c(Cl)c3)CC2)cc1OC. The maximum Gasteiger partial charge on any atom is 0.243 e. The van der Waals surface area contributed by atoms with Crippen LogP contribution < -0.4 is 14.8 Å². The molecule has 1 fully saturated rings. The van der Waals surface area contributed by atoms with E-state index in [1.165, 1.54) is 24.6 Å². The molecular weight excluding hydrogens is 447 g/mol. The highest BCUT2D eigenvalue weighted by Gasteiger charge is 2.32. The molecule has 1 aliphatic heterocycles. The second-order valence-corrected chi connectivity index (χ2v) is 9.61. The van der Waals surface area contributed by atoms with Crippen molar-refractivity contribution in [3.8, 4) is 11.5 Å². The van der Waals surface area contributed by atoms with Gasteiger partial charge in [0.1, 0.15) is 5.82 Å². The lowest BCUT2D eigenvalue weighted by atomic mass is 9.97. The third-order valence-electron chi connectivity index (χ3n) is 5.34. The third-order valence-corrected chi connectivity index (χ3v) is 7.53. The van der Waals surface area contributed by atoms with Crippen LogP contribution in [0.1, 0.15) is 18.4 Å². The molecule has 0 unspecified atom stereocenters. The molecule has 0 atom stereocenters. The lowest BCUT2D eigenvalue weighted by Crippen LogP contribution is -2.41. The number of anilines is 1. The number of amides is 1. The summed E-state index contributed by atoms with van der Waals surface area (Å²) in [7, 11) is -0.757. The highest BCUT2D eigenvalue weighted by molar-refractivity contribution is 7.89. The van der Waals surface area contributed by atoms with Crippen LogP contribution >= 0.6 is 11.6 Å². The van der Waals surface area contributed by atoms with Gasteiger partial charge in [0.25, 0.3) is 0 Å². The zero-order valence-corrected chi connectivity index (χ0v) is 19.0. The number of halogens is 2. The molecule has 3 rings (SSSR count). The van der Waals surface area contributed by atoms with Gasteiger partial charge in [0.15, 0.2) is 11.5 Å². The fourth-order valence-electron chi connectivity index (χ4n) is 3.49. The standard InChI is InChI=1S/C21H24ClFN2O5S/c1-13-10-19(29-2)20(30-3)12-18(13)24-21(26)14-6-8-25(9-7-14)31(27,28)15-4-5-17(23)16(22)11-15/h4-5,10-12,14H,6-9H2,1-3H3,(H,24,26). The van der Waals surface area contributed by atoms with Gasteiger partial charge in [-0.15, -0.1) is 0 Å². The van der Waals surface area contributed by atoms with Crippen molar-refractivity contribution in [2.45, 2.75) is 24.7 Å². The number of rotatable bonds is 6. The minimum Gasteiger partial charge on any atom is -0.493 e. The Morgan fingerprint density at radius 2 is 1.74 bits per heavy atom. The van der Waals surface area contributed by atoms with E-state index in [4.69, 9.17) is 21.1 Å². The molecule has 1 saturated heterocycles. The Labute approximate surface area is 186 Å². The molecule has 0 bridgehead atoms. The van der Waals surface area contributed by atoms with Crippen LogP contribution in [0.4, 0.5) is 10.1 Å². The van der Waals surface area contributed by atoms with Crippen LogP contribution in [0.25, 0.3) is 0 Å². The average Bonchev–Trinajstić information content (AvgIpc) is 2.76. The first-order chi connectivity index (χ1) is 14.7. The summed E-state index contributed by atoms with van der Waals surface area (Å²) >= 11 is 5.73. The number of benzene rings is 2. The molecule has 10 heteroatoms. The summed E-state index contributed by atoms with van der Waals surface area (Å²) in [6, 6.07) is 6.79. The van der Waals surface area contributed by atoms with Crippen molar-refractivity contribution >= 4 is 33.2 Å². The van der Waals surface area contributed by atoms with Crippen LogP contribution in [0.2, 0.25) is 5.02 Å². The number of hydrogen-bond acceptors (Lipinski definition) is 5. The van der Waals surface area contributed by atoms with Crippen LogP contribution in [-0.4, -0.2) is 45.9 Å². The van der Waals surface area contributed by atoms with Crippen molar-refractivity contribution in [1.82, 2.24) is 4.31 Å². The summed E-state index contributed by atoms with van der Waals surface area (Å²) in [5.41, 5.74) is 1.43. The van der Waals surface area contributed by atoms with Gasteiger partial charge in [0.05, 0.1) is 24.1 Å². The number of carbonyl (C=O) groups is 1. The molecule has 0 aromatic heterocycles. The molecule has 0 spiro atoms. The van der Waals surface area contributed by atoms with Crippen molar-refractivity contribution < 1.29 is 27.1 Å². The van der Waals surface area contributed by atoms with E-state index in [1.807, 2.05) is 6.92 Å². The Morgan fingerprint density at radius 1 is 1.13 bits per heavy atom. The summed E-state index contributed by atoms with van der Waals surface area (Å²) in [5.74, 6) is -0.130. The molecule has 2 aromatic rings. The molecule has 1 amide bonds. The normalized spacial score (nSPS) is 15.5. The van der Waals surface area contributed by atoms with Crippen LogP contribution in [0.15, 0.2) is 35.2 Å². The highest BCUT2D eigenvalue weighted by atomic mass is 35.5. The molecule has 2 aromatic carbocycles. The van der Waals surface area contributed by atoms with Gasteiger partial charge in [0, 0.05) is 30.8 Å². The Hall–Kier alpha value is -2.36. The van der Waals surface area contributed by atoms with Gasteiger partial charge in [0.2, 0.25) is 15.9 Å². The van der Waals surface area contributed by atoms with Crippen LogP contribution in [-0.2, 0) is 14.8 Å². The molecule has 1 N–H and O–H groups in total. The van der Waals surface area contributed by atoms with E-state index in [1.54, 1.807) is 12.1 Å². The number of aryl methyl sites for hydroxylation is 1. The smallest absolute Gasteiger partial charge is 0.243 e. The van der Waals surface area contributed by atoms with Gasteiger partial charge in [-0.25, -0.2) is 12.8 Å². The molecule has 31 heavy (non-hydrogen) atoms. The number of methoxy groups -OCH3 is 2. The van der Waals surface area contributed by atoms with E-state index in [2.05, 4.69) is 5.32 Å². The monoisotopic (exact) mass is 470 g/mol. The van der Waals surface area contributed by atoms with Gasteiger partial charge in [-0.3, -0.25) is 4.79 Å². The minimum absolute atomic E-state index is 0.0669. The highest BCUT2D eigenvalue weighted by Crippen LogP contribution is 2.34. The minimum atomic E-state index is -3.81. The van der Waals surface area contributed by atoms with E-state index in [9.17, 15) is 17.6 Å². The van der Waals surface area contributed by atoms with Gasteiger partial charge in [-0.2, -0.15) is 4.31 Å². The summed E-state index contributed by atoms with van der Waals surface area (Å²) < 4.78 is 50.8. The number of nitrogens with one attached hydrogen (secondary N) is 1. The number of nitrogens with zero attached hydrogens (tertiary/aromatic N) is 1. The van der Waals surface area contributed by atoms with Crippen LogP contribution in [0.3, 0.4) is 0 Å². The summed E-state index contributed by atoms with van der Waals surface area (Å²) in [6.45, 7) is 2.21. The van der Waals surface area contributed by atoms with E-state index in [-0.39, 0.29) is 34.8 Å². The predicted molar refractivity (Wildman–Crippen MR) is 116 cm³/mol. The molecule has 7 nitrogen and oxygen atoms in total. The molecule has 0 radical (unpaired) electrons. The largest absolute Gasteiger partial charge is 0.493 e. The Balaban J connectivity index is 1.67. The topological polar surface area (TPSA) is 84.9 Å². The Kier molecular flexibility index (Phi) is 7.08. The fourth-order valence-corrected chi connectivity index (χ4v) is 5.24. The average molecular weight is 471 g/mol. The number of piperidine rings is 1. The van der Waals surface area contributed by atoms with Crippen molar-refractivity contribution in [1.29, 1.82) is 0 Å². The Morgan fingerprint density at radius 3 is 2.32 bits per heavy atom. The van der Waals surface area contributed by atoms with E-state index < -0.39 is 15.8 Å². The molecule has 1 heterocycles. The maximum atomic E-state index is 13.4.